The van der Waals surface area contributed by atoms with Crippen LogP contribution in [-0.4, -0.2) is 503 Å². The summed E-state index contributed by atoms with van der Waals surface area (Å²) in [7, 11) is 0. The van der Waals surface area contributed by atoms with E-state index in [1.165, 1.54) is 20.8 Å². The first-order valence-electron chi connectivity index (χ1n) is 38.5. The average molecular weight is 1720 g/mol. The molecule has 0 aliphatic carbocycles. The van der Waals surface area contributed by atoms with E-state index >= 15 is 0 Å². The molecule has 49 nitrogen and oxygen atoms in total. The van der Waals surface area contributed by atoms with Gasteiger partial charge in [-0.3, -0.25) is 0 Å². The van der Waals surface area contributed by atoms with Gasteiger partial charge in [-0.2, -0.15) is 0 Å². The highest BCUT2D eigenvalue weighted by Crippen LogP contribution is 2.43. The van der Waals surface area contributed by atoms with E-state index in [1.807, 2.05) is 0 Å². The summed E-state index contributed by atoms with van der Waals surface area (Å²) in [5.74, 6) is -9.43. The average Bonchev–Trinajstić information content (AvgIpc) is 0.769. The van der Waals surface area contributed by atoms with Crippen LogP contribution in [0, 0.1) is 23.7 Å². The zero-order valence-electron chi connectivity index (χ0n) is 63.9. The SMILES string of the molecule is CC1C(O)[C@H](O[C@@H]2OC(CO[C@]3(C(=O)O)C[C@@H](O)[C@@H](N)C([C@H](O)C(O)CO)O3)[C@H](O)C(O)[C@@H]2O)[C@H](CO)O[C@H]1O[C@@H]1C(O)[C@H](O)C(CO)O[C@@H]1OCC1O[C@@H](O[C@@H]2C(CO)O[C@@H](O[C@@H]3C(CO)O[C@@H](C)C(C)[C@H]3O)[C@@H](C)C2O)[C@H](O)C(O[C@H]2O[C@H](CO)[C@@H](O)C(O)C2O[C@@H]2OC(CO)[C@@H](O[C@@H]3OC(CO)[C@H](O)C(O)[C@@H]3O)C(O)[C@@H]2C)[C@@H]1O. The van der Waals surface area contributed by atoms with Crippen LogP contribution in [0.25, 0.3) is 0 Å². The lowest BCUT2D eigenvalue weighted by Gasteiger charge is -2.51. The number of aliphatic hydroxyl groups excluding tert-OH is 27. The summed E-state index contributed by atoms with van der Waals surface area (Å²) in [4.78, 5) is 12.8. The maximum atomic E-state index is 12.8. The molecule has 10 aliphatic heterocycles. The number of carbonyl (C=O) groups is 1. The van der Waals surface area contributed by atoms with Crippen LogP contribution in [0.5, 0.6) is 0 Å². The number of hydrogen-bond donors (Lipinski definition) is 29. The number of rotatable bonds is 31. The second kappa shape index (κ2) is 41.4. The summed E-state index contributed by atoms with van der Waals surface area (Å²) < 4.78 is 114. The summed E-state index contributed by atoms with van der Waals surface area (Å²) in [5.41, 5.74) is 5.96. The predicted octanol–water partition coefficient (Wildman–Crippen LogP) is -17.5. The molecule has 0 bridgehead atoms. The molecule has 49 heteroatoms. The number of aliphatic carboxylic acids is 1. The fourth-order valence-corrected chi connectivity index (χ4v) is 15.9. The third kappa shape index (κ3) is 20.2. The fourth-order valence-electron chi connectivity index (χ4n) is 15.9. The third-order valence-corrected chi connectivity index (χ3v) is 23.7. The largest absolute Gasteiger partial charge is 0.477 e. The Kier molecular flexibility index (Phi) is 34.2. The van der Waals surface area contributed by atoms with Gasteiger partial charge < -0.3 is 239 Å². The predicted molar refractivity (Wildman–Crippen MR) is 365 cm³/mol. The molecule has 0 aromatic heterocycles. The summed E-state index contributed by atoms with van der Waals surface area (Å²) in [6.45, 7) is -2.70. The highest BCUT2D eigenvalue weighted by Gasteiger charge is 2.62. The minimum Gasteiger partial charge on any atom is -0.477 e. The van der Waals surface area contributed by atoms with Crippen LogP contribution in [0.4, 0.5) is 0 Å². The van der Waals surface area contributed by atoms with Crippen LogP contribution >= 0.6 is 0 Å². The minimum atomic E-state index is -2.94. The molecule has 10 heterocycles. The van der Waals surface area contributed by atoms with Gasteiger partial charge in [-0.15, -0.1) is 0 Å². The molecule has 51 atom stereocenters. The van der Waals surface area contributed by atoms with Crippen LogP contribution in [-0.2, 0) is 94.8 Å². The molecule has 0 radical (unpaired) electrons. The van der Waals surface area contributed by atoms with E-state index in [0.717, 1.165) is 0 Å². The van der Waals surface area contributed by atoms with Crippen molar-refractivity contribution in [2.24, 2.45) is 29.4 Å². The van der Waals surface area contributed by atoms with Gasteiger partial charge >= 0.3 is 5.97 Å². The van der Waals surface area contributed by atoms with E-state index in [2.05, 4.69) is 0 Å². The van der Waals surface area contributed by atoms with Gasteiger partial charge in [0.2, 0.25) is 0 Å². The topological polar surface area (TPSA) is 785 Å². The molecule has 682 valence electrons. The lowest BCUT2D eigenvalue weighted by Crippen LogP contribution is -2.68. The Labute approximate surface area is 666 Å². The molecular weight excluding hydrogens is 1600 g/mol. The van der Waals surface area contributed by atoms with Gasteiger partial charge in [0.15, 0.2) is 50.3 Å². The molecule has 0 spiro atoms. The molecule has 0 aromatic carbocycles. The van der Waals surface area contributed by atoms with E-state index in [-0.39, 0.29) is 0 Å². The van der Waals surface area contributed by atoms with Crippen molar-refractivity contribution in [3.05, 3.63) is 0 Å². The second-order valence-electron chi connectivity index (χ2n) is 31.4. The van der Waals surface area contributed by atoms with Gasteiger partial charge in [-0.1, -0.05) is 27.7 Å². The normalized spacial score (nSPS) is 52.1. The molecule has 0 aromatic rings. The fraction of sp³-hybridized carbons (Fsp3) is 0.985. The highest BCUT2D eigenvalue weighted by atomic mass is 16.8. The van der Waals surface area contributed by atoms with Gasteiger partial charge in [0.25, 0.3) is 5.79 Å². The van der Waals surface area contributed by atoms with E-state index < -0.39 is 390 Å². The van der Waals surface area contributed by atoms with Crippen molar-refractivity contribution in [2.75, 3.05) is 66.1 Å². The standard InChI is InChI=1S/C68H117NO48/c1-17-21(5)101-27(11-74)51(34(17)80)110-59-18(2)35(81)54(30(14-77)105-59)113-64-50(96)56(114-66-58(47(93)41(87)26(10-73)104-66)116-61-20(4)37(83)52(28(12-75)107-61)111-62-48(94)44(90)39(85)24(8-71)102-62)43(89)31(108-64)15-99-65-57(46(92)40(86)25(9-72)103-65)115-60-19(3)36(82)53(29(13-76)106-60)112-63-49(95)45(91)42(88)32(109-63)16-100-68(67(97)98)6-22(78)33(69)55(117-68)38(84)23(79)7-70/h17-66,70-96H,6-16,69H2,1-5H3,(H,97,98)/t17?,18-,19?,20-,21-,22+,23?,24?,25?,26+,27?,28?,29-,30?,31?,32?,33+,34+,35?,36?,37?,38+,39-,40+,41+,42-,43+,44?,45?,46?,47?,48-,49-,50+,51+,52+,53+,54+,55?,56?,57+,58?,59-,60-,61-,62-,63-,64-,65-,66+,68+/m0/s1. The van der Waals surface area contributed by atoms with Gasteiger partial charge in [0.1, 0.15) is 189 Å². The van der Waals surface area contributed by atoms with Crippen molar-refractivity contribution >= 4 is 5.97 Å². The van der Waals surface area contributed by atoms with Crippen molar-refractivity contribution < 1.29 is 238 Å². The Morgan fingerprint density at radius 3 is 1.09 bits per heavy atom. The number of carboxylic acid groups (broad SMARTS) is 1. The van der Waals surface area contributed by atoms with Crippen molar-refractivity contribution in [3.63, 3.8) is 0 Å². The van der Waals surface area contributed by atoms with Gasteiger partial charge in [-0.05, 0) is 6.92 Å². The molecular formula is C68H117NO48. The Morgan fingerprint density at radius 2 is 0.675 bits per heavy atom. The molecule has 10 fully saturated rings. The molecule has 10 saturated heterocycles. The van der Waals surface area contributed by atoms with E-state index in [0.29, 0.717) is 0 Å². The Morgan fingerprint density at radius 1 is 0.350 bits per heavy atom. The first-order valence-corrected chi connectivity index (χ1v) is 38.5. The lowest BCUT2D eigenvalue weighted by molar-refractivity contribution is -0.402. The van der Waals surface area contributed by atoms with E-state index in [9.17, 15) is 148 Å². The number of ether oxygens (including phenoxy) is 19. The zero-order chi connectivity index (χ0) is 86.2. The number of carboxylic acids is 1. The number of nitrogens with two attached hydrogens (primary N) is 1. The first-order chi connectivity index (χ1) is 55.3. The number of aliphatic hydroxyl groups is 27. The highest BCUT2D eigenvalue weighted by molar-refractivity contribution is 5.76. The van der Waals surface area contributed by atoms with Crippen LogP contribution in [0.1, 0.15) is 41.0 Å². The second-order valence-corrected chi connectivity index (χ2v) is 31.4. The van der Waals surface area contributed by atoms with Crippen molar-refractivity contribution in [3.8, 4) is 0 Å². The number of hydrogen-bond acceptors (Lipinski definition) is 48. The maximum absolute atomic E-state index is 12.8. The van der Waals surface area contributed by atoms with Gasteiger partial charge in [-0.25, -0.2) is 4.79 Å². The Hall–Kier alpha value is -2.41. The van der Waals surface area contributed by atoms with E-state index in [4.69, 9.17) is 95.7 Å². The Bertz CT molecular complexity index is 3020. The van der Waals surface area contributed by atoms with Crippen LogP contribution in [0.15, 0.2) is 0 Å². The molecule has 10 aliphatic rings. The molecule has 117 heavy (non-hydrogen) atoms. The van der Waals surface area contributed by atoms with Gasteiger partial charge in [0, 0.05) is 30.1 Å². The van der Waals surface area contributed by atoms with Crippen LogP contribution < -0.4 is 5.73 Å². The zero-order valence-corrected chi connectivity index (χ0v) is 63.9. The van der Waals surface area contributed by atoms with Crippen molar-refractivity contribution in [1.29, 1.82) is 0 Å². The Balaban J connectivity index is 0.893. The lowest BCUT2D eigenvalue weighted by atomic mass is 9.88. The summed E-state index contributed by atoms with van der Waals surface area (Å²) in [5, 5.41) is 309. The summed E-state index contributed by atoms with van der Waals surface area (Å²) in [6.07, 6.45) is -85.6. The first kappa shape index (κ1) is 96.8. The maximum Gasteiger partial charge on any atom is 0.364 e. The smallest absolute Gasteiger partial charge is 0.364 e. The molecule has 10 rings (SSSR count). The minimum absolute atomic E-state index is 0.552. The monoisotopic (exact) mass is 1720 g/mol. The van der Waals surface area contributed by atoms with Crippen LogP contribution in [0.2, 0.25) is 0 Å². The summed E-state index contributed by atoms with van der Waals surface area (Å²) in [6, 6.07) is -1.56. The van der Waals surface area contributed by atoms with Gasteiger partial charge in [0.05, 0.1) is 109 Å². The molecule has 20 unspecified atom stereocenters. The van der Waals surface area contributed by atoms with Crippen molar-refractivity contribution in [1.82, 2.24) is 0 Å². The third-order valence-electron chi connectivity index (χ3n) is 23.7. The molecule has 0 amide bonds. The quantitative estimate of drug-likeness (QED) is 0.0306. The van der Waals surface area contributed by atoms with E-state index in [1.54, 1.807) is 13.8 Å². The molecule has 30 N–H and O–H groups in total. The molecule has 0 saturated carbocycles. The van der Waals surface area contributed by atoms with Crippen molar-refractivity contribution in [2.45, 2.75) is 329 Å². The summed E-state index contributed by atoms with van der Waals surface area (Å²) >= 11 is 0. The van der Waals surface area contributed by atoms with Crippen LogP contribution in [0.3, 0.4) is 0 Å².